The number of pyridine rings is 1. The Labute approximate surface area is 124 Å². The van der Waals surface area contributed by atoms with Crippen LogP contribution in [-0.4, -0.2) is 21.1 Å². The summed E-state index contributed by atoms with van der Waals surface area (Å²) in [7, 11) is 0. The quantitative estimate of drug-likeness (QED) is 0.780. The van der Waals surface area contributed by atoms with Crippen LogP contribution in [0.3, 0.4) is 0 Å². The zero-order valence-electron chi connectivity index (χ0n) is 12.0. The Morgan fingerprint density at radius 3 is 2.86 bits per heavy atom. The Kier molecular flexibility index (Phi) is 4.07. The molecule has 106 valence electrons. The number of nitrogens with zero attached hydrogens (tertiary/aromatic N) is 3. The SMILES string of the molecule is CCNCc1cccc(-n2cncc2-c2cccnc2)c1. The van der Waals surface area contributed by atoms with Crippen LogP contribution in [0.5, 0.6) is 0 Å². The second kappa shape index (κ2) is 6.33. The lowest BCUT2D eigenvalue weighted by Crippen LogP contribution is -2.11. The Bertz CT molecular complexity index is 704. The average molecular weight is 278 g/mol. The standard InChI is InChI=1S/C17H18N4/c1-2-18-10-14-5-3-7-16(9-14)21-13-20-12-17(21)15-6-4-8-19-11-15/h3-9,11-13,18H,2,10H2,1H3. The molecule has 2 heterocycles. The molecule has 3 rings (SSSR count). The fraction of sp³-hybridized carbons (Fsp3) is 0.176. The minimum absolute atomic E-state index is 0.876. The zero-order valence-corrected chi connectivity index (χ0v) is 12.0. The maximum absolute atomic E-state index is 4.29. The van der Waals surface area contributed by atoms with E-state index in [4.69, 9.17) is 0 Å². The van der Waals surface area contributed by atoms with E-state index in [1.54, 1.807) is 6.20 Å². The lowest BCUT2D eigenvalue weighted by atomic mass is 10.1. The van der Waals surface area contributed by atoms with Crippen molar-refractivity contribution in [1.82, 2.24) is 19.9 Å². The van der Waals surface area contributed by atoms with E-state index in [0.29, 0.717) is 0 Å². The van der Waals surface area contributed by atoms with E-state index < -0.39 is 0 Å². The van der Waals surface area contributed by atoms with E-state index >= 15 is 0 Å². The molecule has 0 radical (unpaired) electrons. The van der Waals surface area contributed by atoms with Gasteiger partial charge < -0.3 is 5.32 Å². The van der Waals surface area contributed by atoms with Gasteiger partial charge in [-0.3, -0.25) is 9.55 Å². The highest BCUT2D eigenvalue weighted by atomic mass is 15.1. The Morgan fingerprint density at radius 2 is 2.05 bits per heavy atom. The molecule has 0 amide bonds. The third-order valence-electron chi connectivity index (χ3n) is 3.36. The van der Waals surface area contributed by atoms with Gasteiger partial charge in [0.05, 0.1) is 18.2 Å². The lowest BCUT2D eigenvalue weighted by Gasteiger charge is -2.10. The van der Waals surface area contributed by atoms with Crippen molar-refractivity contribution < 1.29 is 0 Å². The van der Waals surface area contributed by atoms with Crippen molar-refractivity contribution in [2.24, 2.45) is 0 Å². The fourth-order valence-corrected chi connectivity index (χ4v) is 2.31. The van der Waals surface area contributed by atoms with Crippen molar-refractivity contribution >= 4 is 0 Å². The van der Waals surface area contributed by atoms with Gasteiger partial charge in [-0.1, -0.05) is 19.1 Å². The van der Waals surface area contributed by atoms with Gasteiger partial charge in [0.2, 0.25) is 0 Å². The van der Waals surface area contributed by atoms with Gasteiger partial charge in [-0.25, -0.2) is 4.98 Å². The van der Waals surface area contributed by atoms with Crippen LogP contribution in [-0.2, 0) is 6.54 Å². The Hall–Kier alpha value is -2.46. The van der Waals surface area contributed by atoms with Gasteiger partial charge in [0.15, 0.2) is 0 Å². The molecule has 0 saturated carbocycles. The Morgan fingerprint density at radius 1 is 1.10 bits per heavy atom. The molecule has 4 nitrogen and oxygen atoms in total. The largest absolute Gasteiger partial charge is 0.313 e. The highest BCUT2D eigenvalue weighted by molar-refractivity contribution is 5.60. The topological polar surface area (TPSA) is 42.7 Å². The van der Waals surface area contributed by atoms with Crippen LogP contribution in [0.2, 0.25) is 0 Å². The molecule has 21 heavy (non-hydrogen) atoms. The number of imidazole rings is 1. The number of benzene rings is 1. The van der Waals surface area contributed by atoms with Crippen LogP contribution < -0.4 is 5.32 Å². The van der Waals surface area contributed by atoms with Gasteiger partial charge in [0, 0.05) is 30.2 Å². The molecule has 1 aromatic carbocycles. The molecular weight excluding hydrogens is 260 g/mol. The lowest BCUT2D eigenvalue weighted by molar-refractivity contribution is 0.726. The van der Waals surface area contributed by atoms with Crippen molar-refractivity contribution in [3.8, 4) is 16.9 Å². The van der Waals surface area contributed by atoms with Crippen molar-refractivity contribution in [2.75, 3.05) is 6.54 Å². The second-order valence-electron chi connectivity index (χ2n) is 4.84. The van der Waals surface area contributed by atoms with Crippen LogP contribution in [0.1, 0.15) is 12.5 Å². The molecule has 0 saturated heterocycles. The summed E-state index contributed by atoms with van der Waals surface area (Å²) >= 11 is 0. The van der Waals surface area contributed by atoms with Gasteiger partial charge in [-0.05, 0) is 36.4 Å². The highest BCUT2D eigenvalue weighted by Gasteiger charge is 2.07. The molecule has 0 aliphatic carbocycles. The fourth-order valence-electron chi connectivity index (χ4n) is 2.31. The van der Waals surface area contributed by atoms with Gasteiger partial charge in [-0.15, -0.1) is 0 Å². The summed E-state index contributed by atoms with van der Waals surface area (Å²) in [6.45, 7) is 3.96. The van der Waals surface area contributed by atoms with Crippen molar-refractivity contribution in [3.05, 3.63) is 66.9 Å². The molecule has 0 fully saturated rings. The summed E-state index contributed by atoms with van der Waals surface area (Å²) < 4.78 is 2.09. The molecule has 4 heteroatoms. The first-order chi connectivity index (χ1) is 10.4. The van der Waals surface area contributed by atoms with Gasteiger partial charge in [0.25, 0.3) is 0 Å². The van der Waals surface area contributed by atoms with E-state index in [9.17, 15) is 0 Å². The van der Waals surface area contributed by atoms with E-state index in [-0.39, 0.29) is 0 Å². The smallest absolute Gasteiger partial charge is 0.0997 e. The van der Waals surface area contributed by atoms with E-state index in [2.05, 4.69) is 51.0 Å². The normalized spacial score (nSPS) is 10.7. The molecule has 0 unspecified atom stereocenters. The van der Waals surface area contributed by atoms with Crippen LogP contribution in [0, 0.1) is 0 Å². The molecule has 0 aliphatic rings. The third kappa shape index (κ3) is 3.01. The first kappa shape index (κ1) is 13.5. The van der Waals surface area contributed by atoms with Crippen LogP contribution in [0.4, 0.5) is 0 Å². The molecule has 0 bridgehead atoms. The van der Waals surface area contributed by atoms with Gasteiger partial charge in [0.1, 0.15) is 0 Å². The third-order valence-corrected chi connectivity index (χ3v) is 3.36. The monoisotopic (exact) mass is 278 g/mol. The minimum atomic E-state index is 0.876. The number of hydrogen-bond acceptors (Lipinski definition) is 3. The van der Waals surface area contributed by atoms with Gasteiger partial charge in [-0.2, -0.15) is 0 Å². The number of rotatable bonds is 5. The summed E-state index contributed by atoms with van der Waals surface area (Å²) in [5.74, 6) is 0. The predicted molar refractivity (Wildman–Crippen MR) is 84.2 cm³/mol. The van der Waals surface area contributed by atoms with Crippen LogP contribution >= 0.6 is 0 Å². The molecule has 2 aromatic heterocycles. The summed E-state index contributed by atoms with van der Waals surface area (Å²) in [5.41, 5.74) is 4.48. The van der Waals surface area contributed by atoms with Crippen molar-refractivity contribution in [3.63, 3.8) is 0 Å². The van der Waals surface area contributed by atoms with Gasteiger partial charge >= 0.3 is 0 Å². The summed E-state index contributed by atoms with van der Waals surface area (Å²) in [4.78, 5) is 8.47. The first-order valence-corrected chi connectivity index (χ1v) is 7.11. The molecular formula is C17H18N4. The zero-order chi connectivity index (χ0) is 14.5. The first-order valence-electron chi connectivity index (χ1n) is 7.11. The van der Waals surface area contributed by atoms with Crippen LogP contribution in [0.15, 0.2) is 61.3 Å². The van der Waals surface area contributed by atoms with E-state index in [1.165, 1.54) is 5.56 Å². The maximum Gasteiger partial charge on any atom is 0.0997 e. The summed E-state index contributed by atoms with van der Waals surface area (Å²) in [6, 6.07) is 12.5. The molecule has 0 aliphatic heterocycles. The highest BCUT2D eigenvalue weighted by Crippen LogP contribution is 2.22. The second-order valence-corrected chi connectivity index (χ2v) is 4.84. The molecule has 0 atom stereocenters. The average Bonchev–Trinajstić information content (AvgIpc) is 3.04. The van der Waals surface area contributed by atoms with E-state index in [0.717, 1.165) is 30.0 Å². The van der Waals surface area contributed by atoms with Crippen molar-refractivity contribution in [2.45, 2.75) is 13.5 Å². The van der Waals surface area contributed by atoms with Crippen LogP contribution in [0.25, 0.3) is 16.9 Å². The minimum Gasteiger partial charge on any atom is -0.313 e. The predicted octanol–water partition coefficient (Wildman–Crippen LogP) is 3.04. The Balaban J connectivity index is 1.97. The van der Waals surface area contributed by atoms with Crippen molar-refractivity contribution in [1.29, 1.82) is 0 Å². The summed E-state index contributed by atoms with van der Waals surface area (Å²) in [6.07, 6.45) is 7.35. The summed E-state index contributed by atoms with van der Waals surface area (Å²) in [5, 5.41) is 3.35. The maximum atomic E-state index is 4.29. The molecule has 0 spiro atoms. The molecule has 3 aromatic rings. The number of hydrogen-bond donors (Lipinski definition) is 1. The number of nitrogens with one attached hydrogen (secondary N) is 1. The number of aromatic nitrogens is 3. The molecule has 1 N–H and O–H groups in total. The van der Waals surface area contributed by atoms with E-state index in [1.807, 2.05) is 30.9 Å².